The van der Waals surface area contributed by atoms with Crippen molar-refractivity contribution in [3.05, 3.63) is 33.3 Å². The van der Waals surface area contributed by atoms with Crippen molar-refractivity contribution in [3.63, 3.8) is 0 Å². The second kappa shape index (κ2) is 9.50. The van der Waals surface area contributed by atoms with E-state index in [1.165, 1.54) is 13.2 Å². The number of nitro groups is 1. The molecule has 152 valence electrons. The van der Waals surface area contributed by atoms with Gasteiger partial charge in [-0.05, 0) is 24.1 Å². The highest BCUT2D eigenvalue weighted by Gasteiger charge is 2.44. The van der Waals surface area contributed by atoms with Crippen LogP contribution < -0.4 is 10.1 Å². The molecule has 0 bridgehead atoms. The Morgan fingerprint density at radius 2 is 2.11 bits per heavy atom. The van der Waals surface area contributed by atoms with E-state index in [4.69, 9.17) is 21.1 Å². The van der Waals surface area contributed by atoms with Gasteiger partial charge in [-0.1, -0.05) is 18.5 Å². The van der Waals surface area contributed by atoms with E-state index < -0.39 is 35.2 Å². The molecule has 3 atom stereocenters. The molecule has 0 aromatic heterocycles. The van der Waals surface area contributed by atoms with E-state index in [0.717, 1.165) is 0 Å². The first kappa shape index (κ1) is 21.6. The molecule has 1 aromatic rings. The zero-order chi connectivity index (χ0) is 20.8. The summed E-state index contributed by atoms with van der Waals surface area (Å²) in [5, 5.41) is 13.6. The fraction of sp³-hybridized carbons (Fsp3) is 0.500. The molecular weight excluding hydrogens is 392 g/mol. The number of ether oxygens (including phenoxy) is 2. The molecule has 0 saturated heterocycles. The molecule has 1 N–H and O–H groups in total. The van der Waals surface area contributed by atoms with Crippen LogP contribution in [-0.4, -0.2) is 42.8 Å². The van der Waals surface area contributed by atoms with E-state index in [1.54, 1.807) is 19.1 Å². The zero-order valence-corrected chi connectivity index (χ0v) is 16.2. The summed E-state index contributed by atoms with van der Waals surface area (Å²) in [5.41, 5.74) is 0.401. The van der Waals surface area contributed by atoms with Crippen LogP contribution in [0, 0.1) is 27.9 Å². The molecular formula is C18H21ClN2O7. The summed E-state index contributed by atoms with van der Waals surface area (Å²) in [6.45, 7) is 0.841. The third kappa shape index (κ3) is 5.66. The Labute approximate surface area is 166 Å². The Balaban J connectivity index is 1.85. The van der Waals surface area contributed by atoms with Gasteiger partial charge in [-0.2, -0.15) is 0 Å². The maximum absolute atomic E-state index is 12.0. The Kier molecular flexibility index (Phi) is 7.33. The SMILES string of the molecule is COc1ccc(NC(=O)COC(=O)C[C@@H]2C(=O)C[C@H](C)[C@H]2C[N+](=O)[O-])cc1Cl. The van der Waals surface area contributed by atoms with E-state index in [9.17, 15) is 24.5 Å². The molecule has 1 saturated carbocycles. The van der Waals surface area contributed by atoms with Gasteiger partial charge in [0, 0.05) is 28.9 Å². The number of Topliss-reactive ketones (excluding diaryl/α,β-unsaturated/α-hetero) is 1. The third-order valence-corrected chi connectivity index (χ3v) is 5.03. The van der Waals surface area contributed by atoms with Crippen LogP contribution in [0.4, 0.5) is 5.69 Å². The van der Waals surface area contributed by atoms with Crippen LogP contribution in [0.2, 0.25) is 5.02 Å². The lowest BCUT2D eigenvalue weighted by molar-refractivity contribution is -0.490. The Morgan fingerprint density at radius 3 is 2.71 bits per heavy atom. The topological polar surface area (TPSA) is 125 Å². The van der Waals surface area contributed by atoms with Crippen molar-refractivity contribution in [1.29, 1.82) is 0 Å². The van der Waals surface area contributed by atoms with Crippen LogP contribution in [0.15, 0.2) is 18.2 Å². The lowest BCUT2D eigenvalue weighted by atomic mass is 9.88. The normalized spacial score (nSPS) is 21.2. The Hall–Kier alpha value is -2.68. The van der Waals surface area contributed by atoms with Crippen molar-refractivity contribution in [2.24, 2.45) is 17.8 Å². The minimum atomic E-state index is -0.753. The molecule has 1 aliphatic rings. The number of anilines is 1. The number of hydrogen-bond acceptors (Lipinski definition) is 7. The van der Waals surface area contributed by atoms with Gasteiger partial charge in [0.1, 0.15) is 11.5 Å². The van der Waals surface area contributed by atoms with Crippen LogP contribution in [0.1, 0.15) is 19.8 Å². The lowest BCUT2D eigenvalue weighted by Crippen LogP contribution is -2.28. The molecule has 0 spiro atoms. The number of amides is 1. The largest absolute Gasteiger partial charge is 0.495 e. The first-order valence-electron chi connectivity index (χ1n) is 8.64. The predicted molar refractivity (Wildman–Crippen MR) is 99.8 cm³/mol. The summed E-state index contributed by atoms with van der Waals surface area (Å²) < 4.78 is 9.93. The second-order valence-electron chi connectivity index (χ2n) is 6.70. The smallest absolute Gasteiger partial charge is 0.307 e. The van der Waals surface area contributed by atoms with Gasteiger partial charge in [0.25, 0.3) is 5.91 Å². The monoisotopic (exact) mass is 412 g/mol. The molecule has 1 amide bonds. The summed E-state index contributed by atoms with van der Waals surface area (Å²) in [6, 6.07) is 4.64. The Morgan fingerprint density at radius 1 is 1.39 bits per heavy atom. The first-order valence-corrected chi connectivity index (χ1v) is 9.02. The number of methoxy groups -OCH3 is 1. The average Bonchev–Trinajstić information content (AvgIpc) is 2.86. The van der Waals surface area contributed by atoms with Crippen LogP contribution in [0.3, 0.4) is 0 Å². The molecule has 0 unspecified atom stereocenters. The van der Waals surface area contributed by atoms with Crippen LogP contribution in [-0.2, 0) is 19.1 Å². The second-order valence-corrected chi connectivity index (χ2v) is 7.10. The van der Waals surface area contributed by atoms with Crippen molar-refractivity contribution < 1.29 is 28.8 Å². The molecule has 1 aromatic carbocycles. The average molecular weight is 413 g/mol. The number of nitrogens with zero attached hydrogens (tertiary/aromatic N) is 1. The van der Waals surface area contributed by atoms with E-state index in [-0.39, 0.29) is 31.1 Å². The number of carbonyl (C=O) groups is 3. The molecule has 2 rings (SSSR count). The molecule has 0 radical (unpaired) electrons. The van der Waals surface area contributed by atoms with Gasteiger partial charge in [-0.25, -0.2) is 0 Å². The zero-order valence-electron chi connectivity index (χ0n) is 15.5. The molecule has 10 heteroatoms. The minimum Gasteiger partial charge on any atom is -0.495 e. The molecule has 1 aliphatic carbocycles. The van der Waals surface area contributed by atoms with Crippen molar-refractivity contribution in [2.75, 3.05) is 25.6 Å². The maximum Gasteiger partial charge on any atom is 0.307 e. The number of esters is 1. The van der Waals surface area contributed by atoms with Crippen molar-refractivity contribution >= 4 is 34.9 Å². The summed E-state index contributed by atoms with van der Waals surface area (Å²) in [5.74, 6) is -2.49. The maximum atomic E-state index is 12.0. The summed E-state index contributed by atoms with van der Waals surface area (Å²) in [4.78, 5) is 46.3. The van der Waals surface area contributed by atoms with Gasteiger partial charge in [0.05, 0.1) is 18.6 Å². The fourth-order valence-corrected chi connectivity index (χ4v) is 3.58. The fourth-order valence-electron chi connectivity index (χ4n) is 3.33. The van der Waals surface area contributed by atoms with Gasteiger partial charge in [-0.3, -0.25) is 24.5 Å². The van der Waals surface area contributed by atoms with Crippen LogP contribution in [0.5, 0.6) is 5.75 Å². The number of ketones is 1. The number of nitrogens with one attached hydrogen (secondary N) is 1. The molecule has 1 fully saturated rings. The highest BCUT2D eigenvalue weighted by Crippen LogP contribution is 2.36. The van der Waals surface area contributed by atoms with Gasteiger partial charge in [-0.15, -0.1) is 0 Å². The van der Waals surface area contributed by atoms with Crippen molar-refractivity contribution in [1.82, 2.24) is 0 Å². The summed E-state index contributed by atoms with van der Waals surface area (Å²) in [7, 11) is 1.46. The van der Waals surface area contributed by atoms with E-state index in [1.807, 2.05) is 0 Å². The minimum absolute atomic E-state index is 0.168. The van der Waals surface area contributed by atoms with E-state index in [0.29, 0.717) is 16.5 Å². The molecule has 9 nitrogen and oxygen atoms in total. The molecule has 0 aliphatic heterocycles. The number of rotatable bonds is 8. The van der Waals surface area contributed by atoms with Crippen LogP contribution >= 0.6 is 11.6 Å². The van der Waals surface area contributed by atoms with Gasteiger partial charge in [0.2, 0.25) is 6.54 Å². The van der Waals surface area contributed by atoms with Crippen molar-refractivity contribution in [2.45, 2.75) is 19.8 Å². The summed E-state index contributed by atoms with van der Waals surface area (Å²) >= 11 is 5.97. The van der Waals surface area contributed by atoms with Crippen molar-refractivity contribution in [3.8, 4) is 5.75 Å². The molecule has 28 heavy (non-hydrogen) atoms. The number of benzene rings is 1. The van der Waals surface area contributed by atoms with Crippen LogP contribution in [0.25, 0.3) is 0 Å². The number of hydrogen-bond donors (Lipinski definition) is 1. The first-order chi connectivity index (χ1) is 13.2. The summed E-state index contributed by atoms with van der Waals surface area (Å²) in [6.07, 6.45) is -0.0709. The third-order valence-electron chi connectivity index (χ3n) is 4.73. The Bertz CT molecular complexity index is 783. The lowest BCUT2D eigenvalue weighted by Gasteiger charge is -2.17. The highest BCUT2D eigenvalue weighted by molar-refractivity contribution is 6.32. The standard InChI is InChI=1S/C18H21ClN2O7/c1-10-5-15(22)12(13(10)8-21(25)26)7-18(24)28-9-17(23)20-11-3-4-16(27-2)14(19)6-11/h3-4,6,10,12-13H,5,7-9H2,1-2H3,(H,20,23)/t10-,12-,13+/m0/s1. The highest BCUT2D eigenvalue weighted by atomic mass is 35.5. The molecule has 0 heterocycles. The number of carbonyl (C=O) groups excluding carboxylic acids is 3. The van der Waals surface area contributed by atoms with Gasteiger partial charge in [0.15, 0.2) is 6.61 Å². The van der Waals surface area contributed by atoms with E-state index in [2.05, 4.69) is 5.32 Å². The quantitative estimate of drug-likeness (QED) is 0.394. The van der Waals surface area contributed by atoms with E-state index >= 15 is 0 Å². The number of halogens is 1. The predicted octanol–water partition coefficient (Wildman–Crippen LogP) is 2.34. The van der Waals surface area contributed by atoms with Gasteiger partial charge < -0.3 is 14.8 Å². The van der Waals surface area contributed by atoms with Gasteiger partial charge >= 0.3 is 5.97 Å².